The highest BCUT2D eigenvalue weighted by Crippen LogP contribution is 2.22. The summed E-state index contributed by atoms with van der Waals surface area (Å²) in [6, 6.07) is 8.73. The first kappa shape index (κ1) is 13.5. The third kappa shape index (κ3) is 3.16. The molecule has 1 N–H and O–H groups in total. The Morgan fingerprint density at radius 2 is 2.10 bits per heavy atom. The average Bonchev–Trinajstić information content (AvgIpc) is 2.92. The van der Waals surface area contributed by atoms with Crippen LogP contribution in [-0.2, 0) is 19.5 Å². The van der Waals surface area contributed by atoms with Crippen molar-refractivity contribution in [2.24, 2.45) is 0 Å². The van der Waals surface area contributed by atoms with Crippen molar-refractivity contribution in [3.63, 3.8) is 0 Å². The largest absolute Gasteiger partial charge is 0.360 e. The van der Waals surface area contributed by atoms with Gasteiger partial charge >= 0.3 is 0 Å². The van der Waals surface area contributed by atoms with Crippen molar-refractivity contribution >= 4 is 16.5 Å². The molecule has 0 saturated heterocycles. The van der Waals surface area contributed by atoms with Crippen LogP contribution in [0, 0.1) is 0 Å². The number of anilines is 1. The Morgan fingerprint density at radius 3 is 2.95 bits per heavy atom. The third-order valence-corrected chi connectivity index (χ3v) is 4.43. The fourth-order valence-corrected chi connectivity index (χ4v) is 3.31. The lowest BCUT2D eigenvalue weighted by atomic mass is 10.0. The van der Waals surface area contributed by atoms with Crippen molar-refractivity contribution in [1.29, 1.82) is 0 Å². The summed E-state index contributed by atoms with van der Waals surface area (Å²) in [4.78, 5) is 2.45. The number of benzene rings is 1. The maximum absolute atomic E-state index is 4.28. The minimum Gasteiger partial charge on any atom is -0.360 e. The molecule has 1 aromatic heterocycles. The minimum absolute atomic E-state index is 0.903. The molecule has 2 heterocycles. The normalized spacial score (nSPS) is 15.1. The van der Waals surface area contributed by atoms with Gasteiger partial charge in [-0.25, -0.2) is 0 Å². The molecular weight excluding hydrogens is 268 g/mol. The van der Waals surface area contributed by atoms with Gasteiger partial charge in [0.1, 0.15) is 5.01 Å². The summed E-state index contributed by atoms with van der Waals surface area (Å²) < 4.78 is 0. The molecule has 5 heteroatoms. The predicted molar refractivity (Wildman–Crippen MR) is 82.9 cm³/mol. The fourth-order valence-electron chi connectivity index (χ4n) is 2.50. The Labute approximate surface area is 123 Å². The van der Waals surface area contributed by atoms with Gasteiger partial charge in [-0.05, 0) is 24.0 Å². The van der Waals surface area contributed by atoms with E-state index in [1.807, 2.05) is 0 Å². The number of fused-ring (bicyclic) bond motifs is 1. The van der Waals surface area contributed by atoms with Crippen LogP contribution in [0.15, 0.2) is 24.3 Å². The zero-order valence-corrected chi connectivity index (χ0v) is 12.6. The number of hydrogen-bond donors (Lipinski definition) is 1. The third-order valence-electron chi connectivity index (χ3n) is 3.56. The first-order valence-electron chi connectivity index (χ1n) is 7.20. The van der Waals surface area contributed by atoms with Gasteiger partial charge in [0.25, 0.3) is 0 Å². The Kier molecular flexibility index (Phi) is 4.28. The molecule has 0 saturated carbocycles. The summed E-state index contributed by atoms with van der Waals surface area (Å²) >= 11 is 1.67. The van der Waals surface area contributed by atoms with E-state index in [0.717, 1.165) is 49.2 Å². The molecule has 20 heavy (non-hydrogen) atoms. The van der Waals surface area contributed by atoms with Crippen LogP contribution in [0.5, 0.6) is 0 Å². The second-order valence-corrected chi connectivity index (χ2v) is 6.22. The SMILES string of the molecule is CCCNc1nnc(CN2CCc3ccccc3C2)s1. The summed E-state index contributed by atoms with van der Waals surface area (Å²) in [7, 11) is 0. The number of nitrogens with one attached hydrogen (secondary N) is 1. The van der Waals surface area contributed by atoms with E-state index in [-0.39, 0.29) is 0 Å². The standard InChI is InChI=1S/C15H20N4S/c1-2-8-16-15-18-17-14(20-15)11-19-9-7-12-5-3-4-6-13(12)10-19/h3-6H,2,7-11H2,1H3,(H,16,18). The highest BCUT2D eigenvalue weighted by Gasteiger charge is 2.17. The van der Waals surface area contributed by atoms with Gasteiger partial charge in [-0.15, -0.1) is 10.2 Å². The molecule has 0 spiro atoms. The quantitative estimate of drug-likeness (QED) is 0.918. The lowest BCUT2D eigenvalue weighted by molar-refractivity contribution is 0.244. The van der Waals surface area contributed by atoms with Crippen molar-refractivity contribution in [2.45, 2.75) is 32.9 Å². The van der Waals surface area contributed by atoms with Crippen LogP contribution in [0.1, 0.15) is 29.5 Å². The molecule has 106 valence electrons. The molecule has 1 aliphatic rings. The summed E-state index contributed by atoms with van der Waals surface area (Å²) in [5, 5.41) is 13.8. The van der Waals surface area contributed by atoms with Crippen molar-refractivity contribution in [3.8, 4) is 0 Å². The first-order valence-corrected chi connectivity index (χ1v) is 8.02. The summed E-state index contributed by atoms with van der Waals surface area (Å²) in [6.45, 7) is 6.15. The van der Waals surface area contributed by atoms with Gasteiger partial charge in [-0.1, -0.05) is 42.5 Å². The molecular formula is C15H20N4S. The number of rotatable bonds is 5. The molecule has 0 amide bonds. The van der Waals surface area contributed by atoms with Crippen LogP contribution in [0.2, 0.25) is 0 Å². The smallest absolute Gasteiger partial charge is 0.205 e. The molecule has 0 aliphatic carbocycles. The Morgan fingerprint density at radius 1 is 1.25 bits per heavy atom. The van der Waals surface area contributed by atoms with E-state index in [0.29, 0.717) is 0 Å². The summed E-state index contributed by atoms with van der Waals surface area (Å²) in [5.74, 6) is 0. The molecule has 4 nitrogen and oxygen atoms in total. The molecule has 0 radical (unpaired) electrons. The molecule has 0 bridgehead atoms. The van der Waals surface area contributed by atoms with Crippen LogP contribution < -0.4 is 5.32 Å². The van der Waals surface area contributed by atoms with Crippen LogP contribution >= 0.6 is 11.3 Å². The lowest BCUT2D eigenvalue weighted by Gasteiger charge is -2.27. The Hall–Kier alpha value is -1.46. The van der Waals surface area contributed by atoms with E-state index >= 15 is 0 Å². The van der Waals surface area contributed by atoms with Gasteiger partial charge in [-0.3, -0.25) is 4.90 Å². The molecule has 2 aromatic rings. The van der Waals surface area contributed by atoms with E-state index in [1.54, 1.807) is 11.3 Å². The topological polar surface area (TPSA) is 41.1 Å². The van der Waals surface area contributed by atoms with Gasteiger partial charge in [0.15, 0.2) is 0 Å². The van der Waals surface area contributed by atoms with E-state index in [1.165, 1.54) is 11.1 Å². The van der Waals surface area contributed by atoms with Gasteiger partial charge in [-0.2, -0.15) is 0 Å². The van der Waals surface area contributed by atoms with E-state index in [4.69, 9.17) is 0 Å². The zero-order chi connectivity index (χ0) is 13.8. The summed E-state index contributed by atoms with van der Waals surface area (Å²) in [6.07, 6.45) is 2.24. The van der Waals surface area contributed by atoms with E-state index in [9.17, 15) is 0 Å². The zero-order valence-electron chi connectivity index (χ0n) is 11.8. The number of aromatic nitrogens is 2. The molecule has 1 aliphatic heterocycles. The molecule has 0 atom stereocenters. The average molecular weight is 288 g/mol. The van der Waals surface area contributed by atoms with Crippen molar-refractivity contribution in [1.82, 2.24) is 15.1 Å². The number of nitrogens with zero attached hydrogens (tertiary/aromatic N) is 3. The predicted octanol–water partition coefficient (Wildman–Crippen LogP) is 2.92. The number of hydrogen-bond acceptors (Lipinski definition) is 5. The van der Waals surface area contributed by atoms with Gasteiger partial charge < -0.3 is 5.32 Å². The van der Waals surface area contributed by atoms with Crippen molar-refractivity contribution in [2.75, 3.05) is 18.4 Å². The van der Waals surface area contributed by atoms with Gasteiger partial charge in [0.05, 0.1) is 6.54 Å². The van der Waals surface area contributed by atoms with Crippen LogP contribution in [0.25, 0.3) is 0 Å². The lowest BCUT2D eigenvalue weighted by Crippen LogP contribution is -2.29. The molecule has 0 unspecified atom stereocenters. The van der Waals surface area contributed by atoms with Crippen LogP contribution in [-0.4, -0.2) is 28.2 Å². The fraction of sp³-hybridized carbons (Fsp3) is 0.467. The molecule has 0 fully saturated rings. The van der Waals surface area contributed by atoms with Gasteiger partial charge in [0, 0.05) is 19.6 Å². The second-order valence-electron chi connectivity index (χ2n) is 5.16. The Balaban J connectivity index is 1.60. The van der Waals surface area contributed by atoms with Crippen molar-refractivity contribution in [3.05, 3.63) is 40.4 Å². The maximum atomic E-state index is 4.28. The Bertz CT molecular complexity index is 567. The van der Waals surface area contributed by atoms with Gasteiger partial charge in [0.2, 0.25) is 5.13 Å². The monoisotopic (exact) mass is 288 g/mol. The van der Waals surface area contributed by atoms with Crippen LogP contribution in [0.3, 0.4) is 0 Å². The highest BCUT2D eigenvalue weighted by atomic mass is 32.1. The molecule has 3 rings (SSSR count). The minimum atomic E-state index is 0.903. The van der Waals surface area contributed by atoms with E-state index < -0.39 is 0 Å². The highest BCUT2D eigenvalue weighted by molar-refractivity contribution is 7.15. The summed E-state index contributed by atoms with van der Waals surface area (Å²) in [5.41, 5.74) is 2.94. The first-order chi connectivity index (χ1) is 9.85. The van der Waals surface area contributed by atoms with E-state index in [2.05, 4.69) is 51.6 Å². The second kappa shape index (κ2) is 6.33. The maximum Gasteiger partial charge on any atom is 0.205 e. The van der Waals surface area contributed by atoms with Crippen LogP contribution in [0.4, 0.5) is 5.13 Å². The van der Waals surface area contributed by atoms with Crippen molar-refractivity contribution < 1.29 is 0 Å². The molecule has 1 aromatic carbocycles.